The second-order valence-corrected chi connectivity index (χ2v) is 5.63. The minimum Gasteiger partial charge on any atom is -0.383 e. The van der Waals surface area contributed by atoms with Crippen molar-refractivity contribution in [2.75, 3.05) is 11.9 Å². The van der Waals surface area contributed by atoms with Crippen LogP contribution in [0.1, 0.15) is 19.3 Å². The number of carbonyl (C=O) groups is 2. The van der Waals surface area contributed by atoms with Gasteiger partial charge in [-0.25, -0.2) is 0 Å². The third kappa shape index (κ3) is 3.36. The Hall–Kier alpha value is -1.73. The fraction of sp³-hybridized carbons (Fsp3) is 0.429. The van der Waals surface area contributed by atoms with Crippen molar-refractivity contribution in [2.45, 2.75) is 30.8 Å². The van der Waals surface area contributed by atoms with Crippen LogP contribution in [0.3, 0.4) is 0 Å². The van der Waals surface area contributed by atoms with Gasteiger partial charge in [0, 0.05) is 10.7 Å². The third-order valence-electron chi connectivity index (χ3n) is 3.59. The molecule has 2 rings (SSSR count). The monoisotopic (exact) mass is 332 g/mol. The summed E-state index contributed by atoms with van der Waals surface area (Å²) in [5.74, 6) is -6.22. The Labute approximate surface area is 130 Å². The summed E-state index contributed by atoms with van der Waals surface area (Å²) in [5, 5.41) is 14.4. The van der Waals surface area contributed by atoms with E-state index in [1.807, 2.05) is 5.32 Å². The molecule has 0 spiro atoms. The minimum atomic E-state index is -3.91. The smallest absolute Gasteiger partial charge is 0.352 e. The van der Waals surface area contributed by atoms with Crippen molar-refractivity contribution in [1.29, 1.82) is 0 Å². The highest BCUT2D eigenvalue weighted by Crippen LogP contribution is 2.44. The molecule has 0 unspecified atom stereocenters. The van der Waals surface area contributed by atoms with E-state index in [1.54, 1.807) is 12.1 Å². The van der Waals surface area contributed by atoms with Crippen molar-refractivity contribution in [3.05, 3.63) is 29.3 Å². The van der Waals surface area contributed by atoms with Crippen LogP contribution in [0.25, 0.3) is 0 Å². The van der Waals surface area contributed by atoms with E-state index in [4.69, 9.17) is 11.6 Å². The number of nitrogens with one attached hydrogen (secondary N) is 2. The molecule has 0 saturated heterocycles. The number of anilines is 1. The van der Waals surface area contributed by atoms with Gasteiger partial charge in [0.1, 0.15) is 5.60 Å². The number of rotatable bonds is 5. The Morgan fingerprint density at radius 1 is 1.27 bits per heavy atom. The lowest BCUT2D eigenvalue weighted by Gasteiger charge is -2.41. The van der Waals surface area contributed by atoms with Crippen LogP contribution in [0.2, 0.25) is 5.02 Å². The zero-order valence-electron chi connectivity index (χ0n) is 11.5. The highest BCUT2D eigenvalue weighted by molar-refractivity contribution is 6.30. The van der Waals surface area contributed by atoms with Crippen LogP contribution in [0.15, 0.2) is 24.3 Å². The molecular formula is C14H15ClF2N2O3. The van der Waals surface area contributed by atoms with Gasteiger partial charge >= 0.3 is 5.92 Å². The maximum Gasteiger partial charge on any atom is 0.352 e. The Bertz CT molecular complexity index is 574. The van der Waals surface area contributed by atoms with E-state index in [0.29, 0.717) is 17.1 Å². The van der Waals surface area contributed by atoms with Gasteiger partial charge in [-0.1, -0.05) is 11.6 Å². The normalized spacial score (nSPS) is 16.5. The molecule has 1 aromatic carbocycles. The zero-order chi connectivity index (χ0) is 16.4. The van der Waals surface area contributed by atoms with Crippen LogP contribution < -0.4 is 10.6 Å². The molecule has 5 nitrogen and oxygen atoms in total. The molecular weight excluding hydrogens is 318 g/mol. The van der Waals surface area contributed by atoms with Crippen molar-refractivity contribution < 1.29 is 23.5 Å². The first-order chi connectivity index (χ1) is 10.2. The average Bonchev–Trinajstić information content (AvgIpc) is 2.44. The Kier molecular flexibility index (Phi) is 4.67. The standard InChI is InChI=1S/C14H15ClF2N2O3/c15-9-2-4-10(5-3-9)19-11(20)8-18-12(21)14(16,17)13(22)6-1-7-13/h2-5,22H,1,6-8H2,(H,18,21)(H,19,20). The highest BCUT2D eigenvalue weighted by atomic mass is 35.5. The molecule has 0 bridgehead atoms. The first-order valence-electron chi connectivity index (χ1n) is 6.68. The summed E-state index contributed by atoms with van der Waals surface area (Å²) < 4.78 is 27.5. The van der Waals surface area contributed by atoms with Crippen LogP contribution in [-0.4, -0.2) is 35.0 Å². The summed E-state index contributed by atoms with van der Waals surface area (Å²) in [6, 6.07) is 6.17. The lowest BCUT2D eigenvalue weighted by molar-refractivity contribution is -0.215. The molecule has 3 N–H and O–H groups in total. The molecule has 120 valence electrons. The first-order valence-corrected chi connectivity index (χ1v) is 7.06. The van der Waals surface area contributed by atoms with Crippen molar-refractivity contribution in [3.63, 3.8) is 0 Å². The van der Waals surface area contributed by atoms with Gasteiger partial charge in [0.2, 0.25) is 5.91 Å². The Morgan fingerprint density at radius 3 is 2.36 bits per heavy atom. The molecule has 8 heteroatoms. The fourth-order valence-corrected chi connectivity index (χ4v) is 2.17. The molecule has 1 aromatic rings. The van der Waals surface area contributed by atoms with Crippen LogP contribution >= 0.6 is 11.6 Å². The van der Waals surface area contributed by atoms with Gasteiger partial charge in [0.25, 0.3) is 5.91 Å². The number of carbonyl (C=O) groups excluding carboxylic acids is 2. The summed E-state index contributed by atoms with van der Waals surface area (Å²) in [7, 11) is 0. The van der Waals surface area contributed by atoms with Gasteiger partial charge in [-0.2, -0.15) is 8.78 Å². The van der Waals surface area contributed by atoms with Gasteiger partial charge in [0.15, 0.2) is 0 Å². The molecule has 0 aliphatic heterocycles. The summed E-state index contributed by atoms with van der Waals surface area (Å²) in [6.45, 7) is -0.618. The van der Waals surface area contributed by atoms with Crippen LogP contribution in [0.4, 0.5) is 14.5 Å². The summed E-state index contributed by atoms with van der Waals surface area (Å²) in [5.41, 5.74) is -1.88. The predicted octanol–water partition coefficient (Wildman–Crippen LogP) is 1.94. The highest BCUT2D eigenvalue weighted by Gasteiger charge is 2.61. The van der Waals surface area contributed by atoms with Crippen LogP contribution in [-0.2, 0) is 9.59 Å². The summed E-state index contributed by atoms with van der Waals surface area (Å²) in [4.78, 5) is 23.1. The van der Waals surface area contributed by atoms with E-state index in [9.17, 15) is 23.5 Å². The van der Waals surface area contributed by atoms with Gasteiger partial charge in [-0.05, 0) is 43.5 Å². The van der Waals surface area contributed by atoms with Gasteiger partial charge in [-0.15, -0.1) is 0 Å². The van der Waals surface area contributed by atoms with E-state index in [2.05, 4.69) is 5.32 Å². The van der Waals surface area contributed by atoms with Crippen molar-refractivity contribution in [2.24, 2.45) is 0 Å². The number of aliphatic hydroxyl groups is 1. The number of benzene rings is 1. The number of alkyl halides is 2. The quantitative estimate of drug-likeness (QED) is 0.771. The third-order valence-corrected chi connectivity index (χ3v) is 3.84. The molecule has 1 aliphatic rings. The van der Waals surface area contributed by atoms with E-state index >= 15 is 0 Å². The van der Waals surface area contributed by atoms with E-state index in [-0.39, 0.29) is 12.8 Å². The second-order valence-electron chi connectivity index (χ2n) is 5.20. The lowest BCUT2D eigenvalue weighted by Crippen LogP contribution is -2.61. The molecule has 22 heavy (non-hydrogen) atoms. The van der Waals surface area contributed by atoms with E-state index < -0.39 is 29.9 Å². The van der Waals surface area contributed by atoms with Crippen LogP contribution in [0.5, 0.6) is 0 Å². The molecule has 0 radical (unpaired) electrons. The predicted molar refractivity (Wildman–Crippen MR) is 76.8 cm³/mol. The number of amides is 2. The molecule has 2 amide bonds. The van der Waals surface area contributed by atoms with Gasteiger partial charge in [0.05, 0.1) is 6.54 Å². The Balaban J connectivity index is 1.85. The molecule has 1 saturated carbocycles. The molecule has 0 heterocycles. The average molecular weight is 333 g/mol. The SMILES string of the molecule is O=C(CNC(=O)C(F)(F)C1(O)CCC1)Nc1ccc(Cl)cc1. The molecule has 1 aliphatic carbocycles. The van der Waals surface area contributed by atoms with E-state index in [1.165, 1.54) is 12.1 Å². The molecule has 1 fully saturated rings. The topological polar surface area (TPSA) is 78.4 Å². The summed E-state index contributed by atoms with van der Waals surface area (Å²) >= 11 is 5.69. The van der Waals surface area contributed by atoms with Gasteiger partial charge in [-0.3, -0.25) is 9.59 Å². The maximum atomic E-state index is 13.8. The van der Waals surface area contributed by atoms with Crippen molar-refractivity contribution >= 4 is 29.1 Å². The maximum absolute atomic E-state index is 13.8. The lowest BCUT2D eigenvalue weighted by atomic mass is 9.75. The van der Waals surface area contributed by atoms with E-state index in [0.717, 1.165) is 0 Å². The Morgan fingerprint density at radius 2 is 1.86 bits per heavy atom. The number of hydrogen-bond donors (Lipinski definition) is 3. The molecule has 0 aromatic heterocycles. The second kappa shape index (κ2) is 6.18. The zero-order valence-corrected chi connectivity index (χ0v) is 12.3. The number of hydrogen-bond acceptors (Lipinski definition) is 3. The van der Waals surface area contributed by atoms with Crippen molar-refractivity contribution in [3.8, 4) is 0 Å². The summed E-state index contributed by atoms with van der Waals surface area (Å²) in [6.07, 6.45) is 0.172. The minimum absolute atomic E-state index is 0.135. The number of halogens is 3. The van der Waals surface area contributed by atoms with Crippen molar-refractivity contribution in [1.82, 2.24) is 5.32 Å². The first kappa shape index (κ1) is 16.6. The fourth-order valence-electron chi connectivity index (χ4n) is 2.05. The molecule has 0 atom stereocenters. The van der Waals surface area contributed by atoms with Gasteiger partial charge < -0.3 is 15.7 Å². The van der Waals surface area contributed by atoms with Crippen LogP contribution in [0, 0.1) is 0 Å². The largest absolute Gasteiger partial charge is 0.383 e.